The van der Waals surface area contributed by atoms with E-state index in [0.29, 0.717) is 4.58 Å². The summed E-state index contributed by atoms with van der Waals surface area (Å²) in [5.74, 6) is 0. The molecule has 0 spiro atoms. The third-order valence-corrected chi connectivity index (χ3v) is 7.57. The second-order valence-electron chi connectivity index (χ2n) is 6.22. The normalized spacial score (nSPS) is 14.1. The van der Waals surface area contributed by atoms with Crippen molar-refractivity contribution in [2.24, 2.45) is 7.05 Å². The van der Waals surface area contributed by atoms with Crippen molar-refractivity contribution in [1.82, 2.24) is 4.57 Å². The molecule has 122 valence electrons. The first kappa shape index (κ1) is 15.2. The van der Waals surface area contributed by atoms with Crippen LogP contribution in [0.4, 0.5) is 0 Å². The van der Waals surface area contributed by atoms with Crippen molar-refractivity contribution in [2.45, 2.75) is 14.4 Å². The van der Waals surface area contributed by atoms with E-state index in [1.165, 1.54) is 37.5 Å². The van der Waals surface area contributed by atoms with Gasteiger partial charge in [0.05, 0.1) is 10.3 Å². The monoisotopic (exact) mass is 359 g/mol. The second-order valence-corrected chi connectivity index (χ2v) is 8.81. The number of nitrogens with zero attached hydrogens (tertiary/aromatic N) is 1. The lowest BCUT2D eigenvalue weighted by atomic mass is 10.1. The van der Waals surface area contributed by atoms with E-state index in [-0.39, 0.29) is 0 Å². The van der Waals surface area contributed by atoms with Gasteiger partial charge in [-0.2, -0.15) is 0 Å². The van der Waals surface area contributed by atoms with Gasteiger partial charge in [-0.3, -0.25) is 0 Å². The van der Waals surface area contributed by atoms with Crippen LogP contribution in [0.3, 0.4) is 0 Å². The molecule has 0 radical (unpaired) electrons. The molecule has 4 aromatic rings. The summed E-state index contributed by atoms with van der Waals surface area (Å²) >= 11 is 3.95. The van der Waals surface area contributed by atoms with Crippen molar-refractivity contribution >= 4 is 34.4 Å². The van der Waals surface area contributed by atoms with Crippen molar-refractivity contribution in [1.29, 1.82) is 0 Å². The average Bonchev–Trinajstić information content (AvgIpc) is 3.21. The molecule has 1 aliphatic heterocycles. The summed E-state index contributed by atoms with van der Waals surface area (Å²) in [6, 6.07) is 28.3. The number of hydrogen-bond acceptors (Lipinski definition) is 2. The van der Waals surface area contributed by atoms with Crippen LogP contribution in [0.25, 0.3) is 22.2 Å². The van der Waals surface area contributed by atoms with Crippen LogP contribution in [0.1, 0.15) is 10.1 Å². The first-order valence-corrected chi connectivity index (χ1v) is 10.1. The van der Waals surface area contributed by atoms with Crippen LogP contribution in [0.15, 0.2) is 88.7 Å². The molecule has 3 aromatic carbocycles. The van der Waals surface area contributed by atoms with E-state index in [0.717, 1.165) is 0 Å². The molecule has 0 saturated carbocycles. The first-order chi connectivity index (χ1) is 12.3. The average molecular weight is 360 g/mol. The van der Waals surface area contributed by atoms with Crippen molar-refractivity contribution in [3.63, 3.8) is 0 Å². The Morgan fingerprint density at radius 3 is 2.04 bits per heavy atom. The lowest BCUT2D eigenvalue weighted by molar-refractivity contribution is 0.972. The minimum atomic E-state index is 0.388. The molecule has 1 nitrogen and oxygen atoms in total. The van der Waals surface area contributed by atoms with E-state index < -0.39 is 0 Å². The summed E-state index contributed by atoms with van der Waals surface area (Å²) < 4.78 is 2.74. The number of hydrogen-bond donors (Lipinski definition) is 0. The van der Waals surface area contributed by atoms with Gasteiger partial charge in [-0.25, -0.2) is 0 Å². The fourth-order valence-electron chi connectivity index (χ4n) is 3.62. The molecule has 0 unspecified atom stereocenters. The van der Waals surface area contributed by atoms with Gasteiger partial charge in [0.2, 0.25) is 0 Å². The van der Waals surface area contributed by atoms with Crippen molar-refractivity contribution in [3.05, 3.63) is 84.4 Å². The van der Waals surface area contributed by atoms with Crippen LogP contribution in [-0.4, -0.2) is 4.57 Å². The highest BCUT2D eigenvalue weighted by atomic mass is 32.2. The summed E-state index contributed by atoms with van der Waals surface area (Å²) in [4.78, 5) is 2.79. The van der Waals surface area contributed by atoms with Gasteiger partial charge in [0.1, 0.15) is 0 Å². The smallest absolute Gasteiger partial charge is 0.0873 e. The Hall–Kier alpha value is -2.10. The summed E-state index contributed by atoms with van der Waals surface area (Å²) in [6.45, 7) is 0. The highest BCUT2D eigenvalue weighted by molar-refractivity contribution is 8.19. The summed E-state index contributed by atoms with van der Waals surface area (Å²) in [6.07, 6.45) is 0. The SMILES string of the molecule is Cn1c(-c2ccccc2)c(C2Sc3ccccc3S2)c2ccccc21. The van der Waals surface area contributed by atoms with E-state index in [4.69, 9.17) is 0 Å². The molecule has 5 rings (SSSR count). The third-order valence-electron chi connectivity index (χ3n) is 4.75. The van der Waals surface area contributed by atoms with Gasteiger partial charge in [-0.1, -0.05) is 60.7 Å². The molecule has 1 aliphatic rings. The fraction of sp³-hybridized carbons (Fsp3) is 0.0909. The molecule has 0 amide bonds. The van der Waals surface area contributed by atoms with Crippen LogP contribution in [0.5, 0.6) is 0 Å². The van der Waals surface area contributed by atoms with E-state index in [1.54, 1.807) is 0 Å². The molecule has 0 aliphatic carbocycles. The van der Waals surface area contributed by atoms with E-state index in [9.17, 15) is 0 Å². The van der Waals surface area contributed by atoms with Gasteiger partial charge in [-0.15, -0.1) is 23.5 Å². The van der Waals surface area contributed by atoms with Crippen LogP contribution in [0, 0.1) is 0 Å². The van der Waals surface area contributed by atoms with E-state index >= 15 is 0 Å². The maximum atomic E-state index is 2.35. The summed E-state index contributed by atoms with van der Waals surface area (Å²) in [5, 5.41) is 1.36. The maximum Gasteiger partial charge on any atom is 0.0873 e. The molecule has 3 heteroatoms. The highest BCUT2D eigenvalue weighted by Gasteiger charge is 2.30. The molecule has 0 saturated heterocycles. The Kier molecular flexibility index (Phi) is 3.65. The third kappa shape index (κ3) is 2.42. The zero-order valence-corrected chi connectivity index (χ0v) is 15.5. The molecule has 25 heavy (non-hydrogen) atoms. The number of aromatic nitrogens is 1. The van der Waals surface area contributed by atoms with Crippen molar-refractivity contribution in [3.8, 4) is 11.3 Å². The molecule has 1 aromatic heterocycles. The molecular weight excluding hydrogens is 342 g/mol. The molecule has 0 bridgehead atoms. The number of fused-ring (bicyclic) bond motifs is 2. The molecule has 0 fully saturated rings. The Bertz CT molecular complexity index is 1040. The number of thioether (sulfide) groups is 2. The fourth-order valence-corrected chi connectivity index (χ4v) is 6.58. The lowest BCUT2D eigenvalue weighted by Gasteiger charge is -2.13. The molecule has 2 heterocycles. The Morgan fingerprint density at radius 2 is 1.32 bits per heavy atom. The lowest BCUT2D eigenvalue weighted by Crippen LogP contribution is -1.94. The van der Waals surface area contributed by atoms with Crippen molar-refractivity contribution < 1.29 is 0 Å². The molecule has 0 atom stereocenters. The predicted molar refractivity (Wildman–Crippen MR) is 109 cm³/mol. The number of para-hydroxylation sites is 1. The molecular formula is C22H17NS2. The maximum absolute atomic E-state index is 2.35. The van der Waals surface area contributed by atoms with Crippen LogP contribution in [0.2, 0.25) is 0 Å². The minimum Gasteiger partial charge on any atom is -0.343 e. The number of rotatable bonds is 2. The van der Waals surface area contributed by atoms with Gasteiger partial charge in [0.15, 0.2) is 0 Å². The van der Waals surface area contributed by atoms with Crippen molar-refractivity contribution in [2.75, 3.05) is 0 Å². The minimum absolute atomic E-state index is 0.388. The van der Waals surface area contributed by atoms with Crippen LogP contribution < -0.4 is 0 Å². The zero-order chi connectivity index (χ0) is 16.8. The zero-order valence-electron chi connectivity index (χ0n) is 13.8. The van der Waals surface area contributed by atoms with Gasteiger partial charge in [0.25, 0.3) is 0 Å². The molecule has 0 N–H and O–H groups in total. The predicted octanol–water partition coefficient (Wildman–Crippen LogP) is 6.74. The standard InChI is InChI=1S/C22H17NS2/c1-23-17-12-6-5-11-16(17)20(21(23)15-9-3-2-4-10-15)22-24-18-13-7-8-14-19(18)25-22/h2-14,22H,1H3. The van der Waals surface area contributed by atoms with Crippen LogP contribution in [-0.2, 0) is 7.05 Å². The van der Waals surface area contributed by atoms with Gasteiger partial charge < -0.3 is 4.57 Å². The van der Waals surface area contributed by atoms with Crippen LogP contribution >= 0.6 is 23.5 Å². The number of aryl methyl sites for hydroxylation is 1. The quantitative estimate of drug-likeness (QED) is 0.390. The Balaban J connectivity index is 1.75. The Morgan fingerprint density at radius 1 is 0.720 bits per heavy atom. The largest absolute Gasteiger partial charge is 0.343 e. The Labute approximate surface area is 156 Å². The van der Waals surface area contributed by atoms with Gasteiger partial charge >= 0.3 is 0 Å². The van der Waals surface area contributed by atoms with E-state index in [2.05, 4.69) is 90.5 Å². The first-order valence-electron chi connectivity index (χ1n) is 8.38. The van der Waals surface area contributed by atoms with Gasteiger partial charge in [-0.05, 0) is 23.8 Å². The number of benzene rings is 3. The van der Waals surface area contributed by atoms with Gasteiger partial charge in [0, 0.05) is 33.3 Å². The van der Waals surface area contributed by atoms with E-state index in [1.807, 2.05) is 23.5 Å². The highest BCUT2D eigenvalue weighted by Crippen LogP contribution is 2.59. The summed E-state index contributed by atoms with van der Waals surface area (Å²) in [7, 11) is 2.19. The topological polar surface area (TPSA) is 4.93 Å². The summed E-state index contributed by atoms with van der Waals surface area (Å²) in [5.41, 5.74) is 5.36. The second kappa shape index (κ2) is 6.01.